The van der Waals surface area contributed by atoms with Gasteiger partial charge < -0.3 is 15.1 Å². The average molecular weight is 455 g/mol. The van der Waals surface area contributed by atoms with Crippen molar-refractivity contribution in [3.8, 4) is 0 Å². The van der Waals surface area contributed by atoms with Gasteiger partial charge >= 0.3 is 0 Å². The fourth-order valence-electron chi connectivity index (χ4n) is 5.11. The Bertz CT molecular complexity index is 1220. The molecule has 0 amide bonds. The highest BCUT2D eigenvalue weighted by Gasteiger charge is 2.20. The fourth-order valence-corrected chi connectivity index (χ4v) is 5.11. The van der Waals surface area contributed by atoms with Crippen molar-refractivity contribution in [3.05, 3.63) is 61.1 Å². The monoisotopic (exact) mass is 454 g/mol. The third-order valence-electron chi connectivity index (χ3n) is 7.00. The zero-order valence-electron chi connectivity index (χ0n) is 19.3. The van der Waals surface area contributed by atoms with Crippen LogP contribution in [0, 0.1) is 0 Å². The molecule has 4 heterocycles. The molecule has 6 rings (SSSR count). The molecule has 0 bridgehead atoms. The van der Waals surface area contributed by atoms with E-state index in [0.717, 1.165) is 48.7 Å². The summed E-state index contributed by atoms with van der Waals surface area (Å²) in [6.07, 6.45) is 11.8. The molecular formula is C26H30N8. The molecule has 0 radical (unpaired) electrons. The zero-order valence-corrected chi connectivity index (χ0v) is 19.3. The smallest absolute Gasteiger partial charge is 0.229 e. The average Bonchev–Trinajstić information content (AvgIpc) is 3.34. The molecule has 0 atom stereocenters. The molecule has 0 unspecified atom stereocenters. The van der Waals surface area contributed by atoms with Crippen LogP contribution < -0.4 is 15.1 Å². The molecule has 4 aromatic rings. The van der Waals surface area contributed by atoms with Gasteiger partial charge in [-0.05, 0) is 49.2 Å². The molecule has 2 aliphatic rings. The van der Waals surface area contributed by atoms with Gasteiger partial charge in [0.1, 0.15) is 5.82 Å². The quantitative estimate of drug-likeness (QED) is 0.464. The summed E-state index contributed by atoms with van der Waals surface area (Å²) in [5.74, 6) is 1.67. The number of hydrogen-bond acceptors (Lipinski definition) is 7. The van der Waals surface area contributed by atoms with Crippen molar-refractivity contribution in [2.75, 3.05) is 41.3 Å². The second kappa shape index (κ2) is 9.29. The van der Waals surface area contributed by atoms with Gasteiger partial charge in [-0.3, -0.25) is 0 Å². The number of fused-ring (bicyclic) bond motifs is 1. The summed E-state index contributed by atoms with van der Waals surface area (Å²) in [7, 11) is 0. The van der Waals surface area contributed by atoms with Crippen molar-refractivity contribution in [3.63, 3.8) is 0 Å². The van der Waals surface area contributed by atoms with E-state index in [1.54, 1.807) is 0 Å². The third-order valence-corrected chi connectivity index (χ3v) is 7.00. The van der Waals surface area contributed by atoms with E-state index >= 15 is 0 Å². The van der Waals surface area contributed by atoms with Crippen molar-refractivity contribution >= 4 is 34.2 Å². The van der Waals surface area contributed by atoms with Gasteiger partial charge in [-0.1, -0.05) is 25.3 Å². The summed E-state index contributed by atoms with van der Waals surface area (Å²) in [4.78, 5) is 18.6. The number of anilines is 4. The summed E-state index contributed by atoms with van der Waals surface area (Å²) in [6, 6.07) is 15.1. The normalized spacial score (nSPS) is 17.3. The third kappa shape index (κ3) is 4.27. The van der Waals surface area contributed by atoms with Crippen molar-refractivity contribution in [2.24, 2.45) is 0 Å². The van der Waals surface area contributed by atoms with Gasteiger partial charge in [0.25, 0.3) is 0 Å². The molecule has 2 fully saturated rings. The number of hydrogen-bond donors (Lipinski definition) is 1. The highest BCUT2D eigenvalue weighted by molar-refractivity contribution is 5.75. The molecule has 34 heavy (non-hydrogen) atoms. The molecule has 174 valence electrons. The van der Waals surface area contributed by atoms with Crippen LogP contribution in [0.2, 0.25) is 0 Å². The van der Waals surface area contributed by atoms with Crippen molar-refractivity contribution in [2.45, 2.75) is 38.1 Å². The lowest BCUT2D eigenvalue weighted by Crippen LogP contribution is -2.46. The molecule has 3 aromatic heterocycles. The number of pyridine rings is 1. The first-order chi connectivity index (χ1) is 16.8. The Kier molecular flexibility index (Phi) is 5.71. The maximum absolute atomic E-state index is 4.81. The van der Waals surface area contributed by atoms with Crippen molar-refractivity contribution in [1.29, 1.82) is 0 Å². The predicted molar refractivity (Wildman–Crippen MR) is 136 cm³/mol. The molecule has 1 saturated heterocycles. The highest BCUT2D eigenvalue weighted by Crippen LogP contribution is 2.30. The van der Waals surface area contributed by atoms with E-state index < -0.39 is 0 Å². The maximum Gasteiger partial charge on any atom is 0.229 e. The summed E-state index contributed by atoms with van der Waals surface area (Å²) >= 11 is 0. The lowest BCUT2D eigenvalue weighted by Gasteiger charge is -2.36. The Labute approximate surface area is 199 Å². The predicted octanol–water partition coefficient (Wildman–Crippen LogP) is 4.80. The molecule has 1 aromatic carbocycles. The second-order valence-corrected chi connectivity index (χ2v) is 9.19. The van der Waals surface area contributed by atoms with Gasteiger partial charge in [0.05, 0.1) is 17.6 Å². The van der Waals surface area contributed by atoms with Gasteiger partial charge in [0, 0.05) is 49.9 Å². The van der Waals surface area contributed by atoms with E-state index in [-0.39, 0.29) is 0 Å². The first kappa shape index (κ1) is 20.9. The van der Waals surface area contributed by atoms with Crippen molar-refractivity contribution < 1.29 is 0 Å². The molecule has 0 spiro atoms. The maximum atomic E-state index is 4.81. The fraction of sp³-hybridized carbons (Fsp3) is 0.385. The van der Waals surface area contributed by atoms with E-state index in [0.29, 0.717) is 12.0 Å². The van der Waals surface area contributed by atoms with Crippen LogP contribution in [0.25, 0.3) is 11.0 Å². The van der Waals surface area contributed by atoms with Gasteiger partial charge in [-0.25, -0.2) is 14.6 Å². The first-order valence-electron chi connectivity index (χ1n) is 12.3. The first-order valence-corrected chi connectivity index (χ1v) is 12.3. The standard InChI is InChI=1S/C26H30N8/c1-2-6-23(7-3-1)34-25-20(19-29-34)18-28-26(31-25)30-21-9-11-22(12-10-21)32-14-16-33(17-15-32)24-8-4-5-13-27-24/h4-5,8-13,18-19,23H,1-3,6-7,14-17H2,(H,28,30,31). The van der Waals surface area contributed by atoms with E-state index in [2.05, 4.69) is 65.2 Å². The Morgan fingerprint density at radius 2 is 1.59 bits per heavy atom. The molecule has 8 heteroatoms. The summed E-state index contributed by atoms with van der Waals surface area (Å²) in [5.41, 5.74) is 3.14. The molecular weight excluding hydrogens is 424 g/mol. The minimum absolute atomic E-state index is 0.450. The van der Waals surface area contributed by atoms with E-state index in [9.17, 15) is 0 Å². The lowest BCUT2D eigenvalue weighted by atomic mass is 9.96. The van der Waals surface area contributed by atoms with E-state index in [1.165, 1.54) is 37.8 Å². The summed E-state index contributed by atoms with van der Waals surface area (Å²) in [6.45, 7) is 3.90. The van der Waals surface area contributed by atoms with Crippen LogP contribution in [0.3, 0.4) is 0 Å². The number of piperazine rings is 1. The Hall–Kier alpha value is -3.68. The number of nitrogens with one attached hydrogen (secondary N) is 1. The Morgan fingerprint density at radius 3 is 2.35 bits per heavy atom. The molecule has 1 aliphatic carbocycles. The topological polar surface area (TPSA) is 75.0 Å². The number of nitrogens with zero attached hydrogens (tertiary/aromatic N) is 7. The minimum Gasteiger partial charge on any atom is -0.368 e. The number of benzene rings is 1. The van der Waals surface area contributed by atoms with Crippen LogP contribution in [0.1, 0.15) is 38.1 Å². The Morgan fingerprint density at radius 1 is 0.794 bits per heavy atom. The van der Waals surface area contributed by atoms with Crippen LogP contribution >= 0.6 is 0 Å². The second-order valence-electron chi connectivity index (χ2n) is 9.19. The minimum atomic E-state index is 0.450. The van der Waals surface area contributed by atoms with Crippen LogP contribution in [-0.4, -0.2) is 50.9 Å². The SMILES string of the molecule is c1ccc(N2CCN(c3ccc(Nc4ncc5cnn(C6CCCCC6)c5n4)cc3)CC2)nc1. The number of rotatable bonds is 5. The van der Waals surface area contributed by atoms with E-state index in [1.807, 2.05) is 30.7 Å². The largest absolute Gasteiger partial charge is 0.368 e. The van der Waals surface area contributed by atoms with Gasteiger partial charge in [0.2, 0.25) is 5.95 Å². The number of aromatic nitrogens is 5. The molecule has 1 aliphatic heterocycles. The van der Waals surface area contributed by atoms with Crippen LogP contribution in [0.15, 0.2) is 61.1 Å². The molecule has 1 saturated carbocycles. The van der Waals surface area contributed by atoms with Crippen molar-refractivity contribution in [1.82, 2.24) is 24.7 Å². The Balaban J connectivity index is 1.12. The van der Waals surface area contributed by atoms with Crippen LogP contribution in [0.5, 0.6) is 0 Å². The molecule has 1 N–H and O–H groups in total. The lowest BCUT2D eigenvalue weighted by molar-refractivity contribution is 0.336. The van der Waals surface area contributed by atoms with Gasteiger partial charge in [-0.2, -0.15) is 10.1 Å². The molecule has 8 nitrogen and oxygen atoms in total. The highest BCUT2D eigenvalue weighted by atomic mass is 15.3. The van der Waals surface area contributed by atoms with Gasteiger partial charge in [-0.15, -0.1) is 0 Å². The van der Waals surface area contributed by atoms with E-state index in [4.69, 9.17) is 4.98 Å². The van der Waals surface area contributed by atoms with Crippen LogP contribution in [0.4, 0.5) is 23.1 Å². The zero-order chi connectivity index (χ0) is 22.7. The van der Waals surface area contributed by atoms with Crippen LogP contribution in [-0.2, 0) is 0 Å². The van der Waals surface area contributed by atoms with Gasteiger partial charge in [0.15, 0.2) is 5.65 Å². The summed E-state index contributed by atoms with van der Waals surface area (Å²) < 4.78 is 2.11. The summed E-state index contributed by atoms with van der Waals surface area (Å²) in [5, 5.41) is 9.00.